The fraction of sp³-hybridized carbons (Fsp3) is 0.423. The minimum absolute atomic E-state index is 0.0540. The third-order valence-corrected chi connectivity index (χ3v) is 6.57. The Hall–Kier alpha value is -4.16. The normalized spacial score (nSPS) is 15.1. The van der Waals surface area contributed by atoms with E-state index in [-0.39, 0.29) is 30.0 Å². The lowest BCUT2D eigenvalue weighted by atomic mass is 10.1. The highest BCUT2D eigenvalue weighted by atomic mass is 19.4. The number of nitrogens with zero attached hydrogens (tertiary/aromatic N) is 6. The summed E-state index contributed by atoms with van der Waals surface area (Å²) in [4.78, 5) is 37.9. The van der Waals surface area contributed by atoms with Gasteiger partial charge < -0.3 is 19.9 Å². The third-order valence-electron chi connectivity index (χ3n) is 6.57. The molecule has 2 saturated carbocycles. The molecule has 0 saturated heterocycles. The lowest BCUT2D eigenvalue weighted by Gasteiger charge is -2.16. The van der Waals surface area contributed by atoms with Gasteiger partial charge in [0.1, 0.15) is 5.75 Å². The van der Waals surface area contributed by atoms with Crippen LogP contribution in [-0.4, -0.2) is 70.0 Å². The minimum Gasteiger partial charge on any atom is -0.406 e. The second-order valence-corrected chi connectivity index (χ2v) is 9.98. The molecule has 10 nitrogen and oxygen atoms in total. The van der Waals surface area contributed by atoms with Crippen LogP contribution in [0.4, 0.5) is 19.1 Å². The van der Waals surface area contributed by atoms with Gasteiger partial charge >= 0.3 is 6.36 Å². The van der Waals surface area contributed by atoms with Gasteiger partial charge in [-0.2, -0.15) is 9.67 Å². The smallest absolute Gasteiger partial charge is 0.406 e. The van der Waals surface area contributed by atoms with Crippen molar-refractivity contribution < 1.29 is 27.5 Å². The molecule has 2 aliphatic rings. The number of pyridine rings is 1. The van der Waals surface area contributed by atoms with Crippen molar-refractivity contribution in [3.63, 3.8) is 0 Å². The number of carbonyl (C=O) groups is 2. The summed E-state index contributed by atoms with van der Waals surface area (Å²) in [5.41, 5.74) is 1.13. The van der Waals surface area contributed by atoms with Crippen molar-refractivity contribution in [3.05, 3.63) is 59.0 Å². The zero-order valence-corrected chi connectivity index (χ0v) is 21.7. The summed E-state index contributed by atoms with van der Waals surface area (Å²) in [5.74, 6) is 0.0962. The zero-order valence-electron chi connectivity index (χ0n) is 21.7. The Labute approximate surface area is 222 Å². The molecule has 39 heavy (non-hydrogen) atoms. The van der Waals surface area contributed by atoms with Crippen LogP contribution in [0.3, 0.4) is 0 Å². The Kier molecular flexibility index (Phi) is 6.91. The lowest BCUT2D eigenvalue weighted by Crippen LogP contribution is -2.28. The molecule has 0 bridgehead atoms. The molecule has 2 fully saturated rings. The van der Waals surface area contributed by atoms with E-state index in [2.05, 4.69) is 25.1 Å². The summed E-state index contributed by atoms with van der Waals surface area (Å²) < 4.78 is 44.1. The van der Waals surface area contributed by atoms with Crippen molar-refractivity contribution in [2.24, 2.45) is 0 Å². The van der Waals surface area contributed by atoms with Crippen molar-refractivity contribution in [2.75, 3.05) is 26.0 Å². The number of benzene rings is 1. The summed E-state index contributed by atoms with van der Waals surface area (Å²) in [6, 6.07) is 7.56. The molecule has 0 spiro atoms. The molecule has 2 heterocycles. The summed E-state index contributed by atoms with van der Waals surface area (Å²) >= 11 is 0. The predicted octanol–water partition coefficient (Wildman–Crippen LogP) is 3.67. The van der Waals surface area contributed by atoms with Crippen molar-refractivity contribution in [1.29, 1.82) is 0 Å². The fourth-order valence-corrected chi connectivity index (χ4v) is 4.15. The summed E-state index contributed by atoms with van der Waals surface area (Å²) in [5, 5.41) is 7.17. The number of rotatable bonds is 9. The number of halogens is 3. The lowest BCUT2D eigenvalue weighted by molar-refractivity contribution is -0.274. The Morgan fingerprint density at radius 3 is 2.41 bits per heavy atom. The van der Waals surface area contributed by atoms with Crippen LogP contribution in [0.2, 0.25) is 0 Å². The first kappa shape index (κ1) is 26.4. The second kappa shape index (κ2) is 10.2. The highest BCUT2D eigenvalue weighted by Crippen LogP contribution is 2.42. The standard InChI is InChI=1S/C26H28F3N7O3/c1-34(2)25-32-22(36(33-25)21-9-6-16(13-30-21)24(38)35(3)19-7-8-19)14-31-23(37)18-10-17(15-4-5-15)11-20(12-18)39-26(27,28)29/h6,9-13,15,19H,4-5,7-8,14H2,1-3H3,(H,31,37). The highest BCUT2D eigenvalue weighted by molar-refractivity contribution is 5.95. The molecule has 0 unspecified atom stereocenters. The van der Waals surface area contributed by atoms with E-state index in [0.717, 1.165) is 31.7 Å². The van der Waals surface area contributed by atoms with Crippen molar-refractivity contribution >= 4 is 17.8 Å². The number of alkyl halides is 3. The molecule has 0 aliphatic heterocycles. The molecule has 1 N–H and O–H groups in total. The SMILES string of the molecule is CN(C)c1nc(CNC(=O)c2cc(OC(F)(F)F)cc(C3CC3)c2)n(-c2ccc(C(=O)N(C)C3CC3)cn2)n1. The van der Waals surface area contributed by atoms with Gasteiger partial charge in [-0.25, -0.2) is 4.98 Å². The van der Waals surface area contributed by atoms with Gasteiger partial charge in [-0.05, 0) is 67.5 Å². The maximum Gasteiger partial charge on any atom is 0.573 e. The number of anilines is 1. The van der Waals surface area contributed by atoms with Crippen LogP contribution in [0.25, 0.3) is 5.82 Å². The van der Waals surface area contributed by atoms with Gasteiger partial charge in [0.2, 0.25) is 5.95 Å². The van der Waals surface area contributed by atoms with Crippen LogP contribution in [0.1, 0.15) is 63.7 Å². The number of amides is 2. The van der Waals surface area contributed by atoms with Gasteiger partial charge in [-0.15, -0.1) is 18.3 Å². The van der Waals surface area contributed by atoms with E-state index in [9.17, 15) is 22.8 Å². The van der Waals surface area contributed by atoms with Crippen LogP contribution in [0.15, 0.2) is 36.5 Å². The third kappa shape index (κ3) is 6.29. The monoisotopic (exact) mass is 543 g/mol. The van der Waals surface area contributed by atoms with Gasteiger partial charge in [0.25, 0.3) is 11.8 Å². The Balaban J connectivity index is 1.35. The largest absolute Gasteiger partial charge is 0.573 e. The maximum absolute atomic E-state index is 13.0. The molecule has 2 aromatic heterocycles. The number of nitrogens with one attached hydrogen (secondary N) is 1. The van der Waals surface area contributed by atoms with Crippen molar-refractivity contribution in [2.45, 2.75) is 50.6 Å². The van der Waals surface area contributed by atoms with Crippen LogP contribution in [0, 0.1) is 0 Å². The van der Waals surface area contributed by atoms with E-state index in [1.807, 2.05) is 0 Å². The van der Waals surface area contributed by atoms with E-state index in [0.29, 0.717) is 28.7 Å². The van der Waals surface area contributed by atoms with E-state index in [1.165, 1.54) is 16.9 Å². The molecule has 5 rings (SSSR count). The molecule has 0 atom stereocenters. The molecule has 0 radical (unpaired) electrons. The van der Waals surface area contributed by atoms with Crippen LogP contribution < -0.4 is 15.0 Å². The van der Waals surface area contributed by atoms with Gasteiger partial charge in [0.05, 0.1) is 12.1 Å². The Bertz CT molecular complexity index is 1380. The topological polar surface area (TPSA) is 105 Å². The van der Waals surface area contributed by atoms with Crippen LogP contribution in [-0.2, 0) is 6.54 Å². The first-order valence-electron chi connectivity index (χ1n) is 12.5. The minimum atomic E-state index is -4.87. The van der Waals surface area contributed by atoms with Gasteiger partial charge in [-0.3, -0.25) is 9.59 Å². The van der Waals surface area contributed by atoms with Crippen molar-refractivity contribution in [1.82, 2.24) is 30.0 Å². The Morgan fingerprint density at radius 1 is 1.08 bits per heavy atom. The molecule has 206 valence electrons. The quantitative estimate of drug-likeness (QED) is 0.439. The number of hydrogen-bond acceptors (Lipinski definition) is 7. The molecular formula is C26H28F3N7O3. The first-order valence-corrected chi connectivity index (χ1v) is 12.5. The summed E-state index contributed by atoms with van der Waals surface area (Å²) in [6.45, 7) is -0.0738. The number of carbonyl (C=O) groups excluding carboxylic acids is 2. The van der Waals surface area contributed by atoms with Gasteiger partial charge in [0, 0.05) is 38.9 Å². The van der Waals surface area contributed by atoms with Crippen molar-refractivity contribution in [3.8, 4) is 11.6 Å². The average molecular weight is 544 g/mol. The maximum atomic E-state index is 13.0. The second-order valence-electron chi connectivity index (χ2n) is 9.98. The summed E-state index contributed by atoms with van der Waals surface area (Å²) in [7, 11) is 5.29. The Morgan fingerprint density at radius 2 is 1.82 bits per heavy atom. The number of aromatic nitrogens is 4. The van der Waals surface area contributed by atoms with Gasteiger partial charge in [-0.1, -0.05) is 0 Å². The number of ether oxygens (including phenoxy) is 1. The van der Waals surface area contributed by atoms with E-state index in [1.54, 1.807) is 49.1 Å². The van der Waals surface area contributed by atoms with E-state index < -0.39 is 18.0 Å². The zero-order chi connectivity index (χ0) is 27.9. The van der Waals surface area contributed by atoms with E-state index in [4.69, 9.17) is 0 Å². The molecule has 2 amide bonds. The molecular weight excluding hydrogens is 515 g/mol. The predicted molar refractivity (Wildman–Crippen MR) is 135 cm³/mol. The molecule has 3 aromatic rings. The highest BCUT2D eigenvalue weighted by Gasteiger charge is 2.33. The fourth-order valence-electron chi connectivity index (χ4n) is 4.15. The number of hydrogen-bond donors (Lipinski definition) is 1. The summed E-state index contributed by atoms with van der Waals surface area (Å²) in [6.07, 6.45) is 0.298. The first-order chi connectivity index (χ1) is 18.5. The van der Waals surface area contributed by atoms with Gasteiger partial charge in [0.15, 0.2) is 11.6 Å². The molecule has 2 aliphatic carbocycles. The molecule has 1 aromatic carbocycles. The average Bonchev–Trinajstić information content (AvgIpc) is 3.82. The van der Waals surface area contributed by atoms with Crippen LogP contribution in [0.5, 0.6) is 5.75 Å². The van der Waals surface area contributed by atoms with Crippen LogP contribution >= 0.6 is 0 Å². The molecule has 13 heteroatoms. The van der Waals surface area contributed by atoms with E-state index >= 15 is 0 Å².